The molecule has 0 saturated carbocycles. The van der Waals surface area contributed by atoms with Crippen LogP contribution in [0.15, 0.2) is 35.5 Å². The van der Waals surface area contributed by atoms with Crippen molar-refractivity contribution in [2.45, 2.75) is 55.7 Å². The number of nitrogens with zero attached hydrogens (tertiary/aromatic N) is 6. The van der Waals surface area contributed by atoms with Crippen molar-refractivity contribution < 1.29 is 9.53 Å². The minimum atomic E-state index is -0.202. The van der Waals surface area contributed by atoms with Gasteiger partial charge in [-0.3, -0.25) is 9.36 Å². The van der Waals surface area contributed by atoms with Crippen LogP contribution in [-0.2, 0) is 16.1 Å². The molecule has 8 nitrogen and oxygen atoms in total. The SMILES string of the molecule is CC(Sc1nnc(N2CCCC2)n1CC1CCCO1)C(=O)N1CCN(c2ccccc2)CC1. The van der Waals surface area contributed by atoms with E-state index in [2.05, 4.69) is 48.8 Å². The van der Waals surface area contributed by atoms with Gasteiger partial charge in [-0.15, -0.1) is 10.2 Å². The van der Waals surface area contributed by atoms with Crippen molar-refractivity contribution in [1.29, 1.82) is 0 Å². The van der Waals surface area contributed by atoms with Gasteiger partial charge in [-0.25, -0.2) is 0 Å². The van der Waals surface area contributed by atoms with Crippen LogP contribution in [0.1, 0.15) is 32.6 Å². The molecule has 5 rings (SSSR count). The second-order valence-corrected chi connectivity index (χ2v) is 10.4. The molecule has 4 heterocycles. The van der Waals surface area contributed by atoms with Crippen molar-refractivity contribution in [3.8, 4) is 0 Å². The molecule has 0 aliphatic carbocycles. The smallest absolute Gasteiger partial charge is 0.236 e. The first-order valence-corrected chi connectivity index (χ1v) is 13.1. The highest BCUT2D eigenvalue weighted by atomic mass is 32.2. The molecule has 2 unspecified atom stereocenters. The van der Waals surface area contributed by atoms with Gasteiger partial charge in [-0.2, -0.15) is 0 Å². The predicted molar refractivity (Wildman–Crippen MR) is 131 cm³/mol. The molecular weight excluding hydrogens is 436 g/mol. The summed E-state index contributed by atoms with van der Waals surface area (Å²) in [6.07, 6.45) is 4.77. The number of amides is 1. The third-order valence-corrected chi connectivity index (χ3v) is 7.91. The summed E-state index contributed by atoms with van der Waals surface area (Å²) in [5.74, 6) is 1.11. The van der Waals surface area contributed by atoms with Crippen LogP contribution in [0.5, 0.6) is 0 Å². The van der Waals surface area contributed by atoms with Gasteiger partial charge in [0.25, 0.3) is 0 Å². The highest BCUT2D eigenvalue weighted by Gasteiger charge is 2.30. The van der Waals surface area contributed by atoms with Crippen LogP contribution >= 0.6 is 11.8 Å². The predicted octanol–water partition coefficient (Wildman–Crippen LogP) is 2.89. The Labute approximate surface area is 200 Å². The summed E-state index contributed by atoms with van der Waals surface area (Å²) in [6, 6.07) is 10.4. The van der Waals surface area contributed by atoms with Gasteiger partial charge in [0.2, 0.25) is 11.9 Å². The average molecular weight is 471 g/mol. The standard InChI is InChI=1S/C24H34N6O2S/c1-19(22(31)28-15-13-27(14-16-28)20-8-3-2-4-9-20)33-24-26-25-23(29-11-5-6-12-29)30(24)18-21-10-7-17-32-21/h2-4,8-9,19,21H,5-7,10-18H2,1H3. The molecule has 2 atom stereocenters. The molecule has 2 aromatic rings. The number of piperazine rings is 1. The summed E-state index contributed by atoms with van der Waals surface area (Å²) in [5.41, 5.74) is 1.23. The van der Waals surface area contributed by atoms with Crippen LogP contribution in [0, 0.1) is 0 Å². The van der Waals surface area contributed by atoms with Crippen molar-refractivity contribution in [3.05, 3.63) is 30.3 Å². The number of hydrogen-bond acceptors (Lipinski definition) is 7. The second kappa shape index (κ2) is 10.3. The van der Waals surface area contributed by atoms with Gasteiger partial charge in [0, 0.05) is 51.6 Å². The number of carbonyl (C=O) groups is 1. The van der Waals surface area contributed by atoms with Crippen molar-refractivity contribution in [2.24, 2.45) is 0 Å². The maximum atomic E-state index is 13.3. The zero-order chi connectivity index (χ0) is 22.6. The summed E-state index contributed by atoms with van der Waals surface area (Å²) in [4.78, 5) is 19.9. The van der Waals surface area contributed by atoms with E-state index < -0.39 is 0 Å². The van der Waals surface area contributed by atoms with Crippen molar-refractivity contribution >= 4 is 29.3 Å². The fourth-order valence-electron chi connectivity index (χ4n) is 4.96. The Balaban J connectivity index is 1.23. The highest BCUT2D eigenvalue weighted by Crippen LogP contribution is 2.30. The quantitative estimate of drug-likeness (QED) is 0.577. The number of para-hydroxylation sites is 1. The lowest BCUT2D eigenvalue weighted by Crippen LogP contribution is -2.50. The number of thioether (sulfide) groups is 1. The fraction of sp³-hybridized carbons (Fsp3) is 0.625. The Hall–Kier alpha value is -2.26. The molecule has 178 valence electrons. The monoisotopic (exact) mass is 470 g/mol. The summed E-state index contributed by atoms with van der Waals surface area (Å²) in [7, 11) is 0. The van der Waals surface area contributed by atoms with Crippen molar-refractivity contribution in [2.75, 3.05) is 55.7 Å². The molecule has 0 radical (unpaired) electrons. The molecule has 33 heavy (non-hydrogen) atoms. The molecule has 3 aliphatic heterocycles. The Morgan fingerprint density at radius 1 is 1.03 bits per heavy atom. The van der Waals surface area contributed by atoms with E-state index in [0.29, 0.717) is 0 Å². The molecule has 3 aliphatic rings. The molecule has 1 amide bonds. The van der Waals surface area contributed by atoms with Gasteiger partial charge in [0.1, 0.15) is 0 Å². The fourth-order valence-corrected chi connectivity index (χ4v) is 5.90. The van der Waals surface area contributed by atoms with Gasteiger partial charge < -0.3 is 19.4 Å². The summed E-state index contributed by atoms with van der Waals surface area (Å²) in [5, 5.41) is 9.69. The first-order valence-electron chi connectivity index (χ1n) is 12.2. The van der Waals surface area contributed by atoms with E-state index in [1.807, 2.05) is 17.9 Å². The Bertz CT molecular complexity index is 918. The number of ether oxygens (including phenoxy) is 1. The van der Waals surface area contributed by atoms with Gasteiger partial charge in [0.05, 0.1) is 17.9 Å². The molecule has 3 saturated heterocycles. The molecule has 1 aromatic carbocycles. The maximum Gasteiger partial charge on any atom is 0.236 e. The lowest BCUT2D eigenvalue weighted by molar-refractivity contribution is -0.130. The Morgan fingerprint density at radius 2 is 1.79 bits per heavy atom. The van der Waals surface area contributed by atoms with Gasteiger partial charge in [-0.05, 0) is 44.7 Å². The second-order valence-electron chi connectivity index (χ2n) is 9.13. The molecule has 0 spiro atoms. The van der Waals surface area contributed by atoms with Crippen molar-refractivity contribution in [1.82, 2.24) is 19.7 Å². The lowest BCUT2D eigenvalue weighted by atomic mass is 10.2. The number of rotatable bonds is 7. The summed E-state index contributed by atoms with van der Waals surface area (Å²) in [6.45, 7) is 8.86. The van der Waals surface area contributed by atoms with Crippen LogP contribution < -0.4 is 9.80 Å². The van der Waals surface area contributed by atoms with E-state index in [9.17, 15) is 4.79 Å². The molecule has 0 N–H and O–H groups in total. The van der Waals surface area contributed by atoms with Crippen LogP contribution in [0.2, 0.25) is 0 Å². The maximum absolute atomic E-state index is 13.3. The highest BCUT2D eigenvalue weighted by molar-refractivity contribution is 8.00. The molecule has 3 fully saturated rings. The normalized spacial score (nSPS) is 22.2. The van der Waals surface area contributed by atoms with E-state index in [0.717, 1.165) is 76.4 Å². The zero-order valence-corrected chi connectivity index (χ0v) is 20.3. The first-order chi connectivity index (χ1) is 16.2. The van der Waals surface area contributed by atoms with Gasteiger partial charge in [0.15, 0.2) is 5.16 Å². The number of anilines is 2. The van der Waals surface area contributed by atoms with Crippen LogP contribution in [-0.4, -0.2) is 82.8 Å². The summed E-state index contributed by atoms with van der Waals surface area (Å²) < 4.78 is 8.11. The van der Waals surface area contributed by atoms with Crippen molar-refractivity contribution in [3.63, 3.8) is 0 Å². The van der Waals surface area contributed by atoms with E-state index in [1.165, 1.54) is 30.3 Å². The van der Waals surface area contributed by atoms with Gasteiger partial charge in [-0.1, -0.05) is 30.0 Å². The third-order valence-electron chi connectivity index (χ3n) is 6.84. The number of carbonyl (C=O) groups excluding carboxylic acids is 1. The molecule has 9 heteroatoms. The Morgan fingerprint density at radius 3 is 2.48 bits per heavy atom. The average Bonchev–Trinajstić information content (AvgIpc) is 3.63. The largest absolute Gasteiger partial charge is 0.376 e. The summed E-state index contributed by atoms with van der Waals surface area (Å²) >= 11 is 1.53. The molecule has 0 bridgehead atoms. The number of hydrogen-bond donors (Lipinski definition) is 0. The van der Waals surface area contributed by atoms with E-state index in [1.54, 1.807) is 0 Å². The van der Waals surface area contributed by atoms with Crippen LogP contribution in [0.3, 0.4) is 0 Å². The lowest BCUT2D eigenvalue weighted by Gasteiger charge is -2.37. The number of aromatic nitrogens is 3. The molecule has 1 aromatic heterocycles. The van der Waals surface area contributed by atoms with E-state index in [-0.39, 0.29) is 17.3 Å². The van der Waals surface area contributed by atoms with Crippen LogP contribution in [0.25, 0.3) is 0 Å². The third kappa shape index (κ3) is 5.14. The zero-order valence-electron chi connectivity index (χ0n) is 19.4. The first kappa shape index (κ1) is 22.5. The topological polar surface area (TPSA) is 66.7 Å². The number of benzene rings is 1. The Kier molecular flexibility index (Phi) is 7.06. The van der Waals surface area contributed by atoms with Crippen LogP contribution in [0.4, 0.5) is 11.6 Å². The van der Waals surface area contributed by atoms with E-state index in [4.69, 9.17) is 4.74 Å². The minimum absolute atomic E-state index is 0.183. The molecular formula is C24H34N6O2S. The van der Waals surface area contributed by atoms with E-state index >= 15 is 0 Å². The van der Waals surface area contributed by atoms with Gasteiger partial charge >= 0.3 is 0 Å². The minimum Gasteiger partial charge on any atom is -0.376 e.